The van der Waals surface area contributed by atoms with Crippen LogP contribution in [0.25, 0.3) is 11.1 Å². The number of ether oxygens (including phenoxy) is 3. The number of amides is 1. The molecule has 7 nitrogen and oxygen atoms in total. The molecule has 3 rings (SSSR count). The fourth-order valence-corrected chi connectivity index (χ4v) is 3.61. The summed E-state index contributed by atoms with van der Waals surface area (Å²) in [6, 6.07) is 5.00. The fourth-order valence-electron chi connectivity index (χ4n) is 3.61. The van der Waals surface area contributed by atoms with E-state index in [1.54, 1.807) is 12.1 Å². The minimum absolute atomic E-state index is 0.310. The predicted octanol–water partition coefficient (Wildman–Crippen LogP) is 2.57. The molecular weight excluding hydrogens is 362 g/mol. The summed E-state index contributed by atoms with van der Waals surface area (Å²) in [4.78, 5) is 24.6. The van der Waals surface area contributed by atoms with Gasteiger partial charge in [-0.3, -0.25) is 9.59 Å². The van der Waals surface area contributed by atoms with Crippen LogP contribution < -0.4 is 25.0 Å². The Bertz CT molecular complexity index is 1080. The zero-order chi connectivity index (χ0) is 22.9. The van der Waals surface area contributed by atoms with Crippen LogP contribution in [0.5, 0.6) is 23.0 Å². The average molecular weight is 388 g/mol. The number of benzene rings is 1. The van der Waals surface area contributed by atoms with Crippen molar-refractivity contribution in [3.8, 4) is 34.1 Å². The van der Waals surface area contributed by atoms with Crippen LogP contribution in [-0.4, -0.2) is 32.3 Å². The lowest BCUT2D eigenvalue weighted by molar-refractivity contribution is -0.119. The van der Waals surface area contributed by atoms with Crippen LogP contribution in [0.4, 0.5) is 0 Å². The maximum Gasteiger partial charge on any atom is 0.220 e. The van der Waals surface area contributed by atoms with Gasteiger partial charge >= 0.3 is 0 Å². The first-order valence-corrected chi connectivity index (χ1v) is 8.62. The minimum atomic E-state index is -2.84. The van der Waals surface area contributed by atoms with Gasteiger partial charge in [-0.05, 0) is 47.7 Å². The molecule has 0 unspecified atom stereocenters. The zero-order valence-electron chi connectivity index (χ0n) is 18.8. The highest BCUT2D eigenvalue weighted by atomic mass is 16.5. The standard InChI is InChI=1S/C21H23NO6/c1-11(23)22-15-7-5-12-9-18(26-2)20(27-3)21(28-4)19(12)13-6-8-16(24)17(25)10-14(13)15/h6,8-10,15H,5,7H2,1-4H3,(H,22,23)(H,24,25)/t15-/m0/s1/i1D3. The van der Waals surface area contributed by atoms with E-state index in [1.165, 1.54) is 33.5 Å². The van der Waals surface area contributed by atoms with Crippen molar-refractivity contribution in [2.45, 2.75) is 25.7 Å². The van der Waals surface area contributed by atoms with Gasteiger partial charge in [0.2, 0.25) is 17.1 Å². The van der Waals surface area contributed by atoms with E-state index in [0.29, 0.717) is 46.8 Å². The summed E-state index contributed by atoms with van der Waals surface area (Å²) >= 11 is 0. The van der Waals surface area contributed by atoms with Gasteiger partial charge in [0.25, 0.3) is 0 Å². The van der Waals surface area contributed by atoms with E-state index in [-0.39, 0.29) is 0 Å². The summed E-state index contributed by atoms with van der Waals surface area (Å²) in [5, 5.41) is 12.5. The summed E-state index contributed by atoms with van der Waals surface area (Å²) < 4.78 is 38.7. The Morgan fingerprint density at radius 1 is 1.18 bits per heavy atom. The molecule has 0 aromatic heterocycles. The van der Waals surface area contributed by atoms with Crippen LogP contribution in [0.15, 0.2) is 29.1 Å². The lowest BCUT2D eigenvalue weighted by Crippen LogP contribution is -2.26. The monoisotopic (exact) mass is 388 g/mol. The van der Waals surface area contributed by atoms with Crippen molar-refractivity contribution in [1.29, 1.82) is 0 Å². The Morgan fingerprint density at radius 3 is 2.57 bits per heavy atom. The molecule has 7 heteroatoms. The van der Waals surface area contributed by atoms with Crippen LogP contribution in [-0.2, 0) is 11.2 Å². The Balaban J connectivity index is 2.34. The smallest absolute Gasteiger partial charge is 0.220 e. The van der Waals surface area contributed by atoms with E-state index < -0.39 is 30.0 Å². The zero-order valence-corrected chi connectivity index (χ0v) is 15.8. The van der Waals surface area contributed by atoms with Gasteiger partial charge in [-0.1, -0.05) is 6.07 Å². The molecule has 1 atom stereocenters. The molecule has 0 aliphatic heterocycles. The lowest BCUT2D eigenvalue weighted by Gasteiger charge is -2.19. The van der Waals surface area contributed by atoms with Crippen molar-refractivity contribution < 1.29 is 28.2 Å². The minimum Gasteiger partial charge on any atom is -0.504 e. The summed E-state index contributed by atoms with van der Waals surface area (Å²) in [6.07, 6.45) is 0.737. The van der Waals surface area contributed by atoms with E-state index in [4.69, 9.17) is 18.3 Å². The second-order valence-corrected chi connectivity index (χ2v) is 6.34. The van der Waals surface area contributed by atoms with E-state index >= 15 is 0 Å². The first-order valence-electron chi connectivity index (χ1n) is 10.1. The molecule has 0 spiro atoms. The number of methoxy groups -OCH3 is 3. The molecule has 1 aliphatic rings. The largest absolute Gasteiger partial charge is 0.504 e. The maximum absolute atomic E-state index is 12.4. The van der Waals surface area contributed by atoms with E-state index in [2.05, 4.69) is 5.32 Å². The van der Waals surface area contributed by atoms with Gasteiger partial charge in [0.05, 0.1) is 27.4 Å². The number of carbonyl (C=O) groups excluding carboxylic acids is 1. The topological polar surface area (TPSA) is 94.1 Å². The third-order valence-corrected chi connectivity index (χ3v) is 4.82. The Morgan fingerprint density at radius 2 is 1.93 bits per heavy atom. The highest BCUT2D eigenvalue weighted by Crippen LogP contribution is 2.50. The van der Waals surface area contributed by atoms with Gasteiger partial charge in [-0.2, -0.15) is 0 Å². The number of fused-ring (bicyclic) bond motifs is 3. The average Bonchev–Trinajstić information content (AvgIpc) is 2.95. The van der Waals surface area contributed by atoms with Crippen molar-refractivity contribution in [2.75, 3.05) is 21.3 Å². The van der Waals surface area contributed by atoms with Gasteiger partial charge in [0, 0.05) is 16.5 Å². The number of hydrogen-bond donors (Lipinski definition) is 2. The maximum atomic E-state index is 12.4. The molecule has 1 aliphatic carbocycles. The van der Waals surface area contributed by atoms with Crippen molar-refractivity contribution in [3.05, 3.63) is 45.6 Å². The van der Waals surface area contributed by atoms with Crippen molar-refractivity contribution in [1.82, 2.24) is 5.32 Å². The van der Waals surface area contributed by atoms with Crippen molar-refractivity contribution in [2.24, 2.45) is 0 Å². The van der Waals surface area contributed by atoms with Crippen LogP contribution in [0.1, 0.15) is 34.6 Å². The molecular formula is C21H23NO6. The number of nitrogens with one attached hydrogen (secondary N) is 1. The molecule has 0 heterocycles. The highest BCUT2D eigenvalue weighted by molar-refractivity contribution is 5.83. The van der Waals surface area contributed by atoms with Gasteiger partial charge in [0.1, 0.15) is 0 Å². The quantitative estimate of drug-likeness (QED) is 0.836. The molecule has 2 N–H and O–H groups in total. The predicted molar refractivity (Wildman–Crippen MR) is 104 cm³/mol. The normalized spacial score (nSPS) is 17.0. The first kappa shape index (κ1) is 15.8. The molecule has 0 saturated heterocycles. The number of aromatic hydroxyl groups is 1. The molecule has 0 radical (unpaired) electrons. The van der Waals surface area contributed by atoms with Gasteiger partial charge in [-0.15, -0.1) is 0 Å². The van der Waals surface area contributed by atoms with E-state index in [9.17, 15) is 14.7 Å². The first-order chi connectivity index (χ1) is 14.6. The van der Waals surface area contributed by atoms with Crippen LogP contribution in [0.2, 0.25) is 0 Å². The molecule has 1 amide bonds. The molecule has 2 aromatic rings. The molecule has 2 aromatic carbocycles. The van der Waals surface area contributed by atoms with Crippen LogP contribution in [0.3, 0.4) is 0 Å². The lowest BCUT2D eigenvalue weighted by atomic mass is 9.95. The van der Waals surface area contributed by atoms with E-state index in [1.807, 2.05) is 0 Å². The van der Waals surface area contributed by atoms with Crippen LogP contribution in [0, 0.1) is 0 Å². The Labute approximate surface area is 167 Å². The summed E-state index contributed by atoms with van der Waals surface area (Å²) in [7, 11) is 4.43. The highest BCUT2D eigenvalue weighted by Gasteiger charge is 2.29. The van der Waals surface area contributed by atoms with Crippen molar-refractivity contribution >= 4 is 5.91 Å². The number of hydrogen-bond acceptors (Lipinski definition) is 6. The molecule has 0 saturated carbocycles. The van der Waals surface area contributed by atoms with Gasteiger partial charge in [0.15, 0.2) is 17.2 Å². The number of aryl methyl sites for hydroxylation is 1. The molecule has 0 bridgehead atoms. The fraction of sp³-hybridized carbons (Fsp3) is 0.333. The van der Waals surface area contributed by atoms with E-state index in [0.717, 1.165) is 5.56 Å². The Kier molecular flexibility index (Phi) is 4.40. The molecule has 28 heavy (non-hydrogen) atoms. The van der Waals surface area contributed by atoms with Gasteiger partial charge in [-0.25, -0.2) is 0 Å². The number of carbonyl (C=O) groups is 1. The summed E-state index contributed by atoms with van der Waals surface area (Å²) in [5.41, 5.74) is 1.61. The molecule has 0 fully saturated rings. The number of rotatable bonds is 4. The second-order valence-electron chi connectivity index (χ2n) is 6.34. The molecule has 148 valence electrons. The third-order valence-electron chi connectivity index (χ3n) is 4.82. The van der Waals surface area contributed by atoms with Crippen LogP contribution >= 0.6 is 0 Å². The van der Waals surface area contributed by atoms with Crippen molar-refractivity contribution in [3.63, 3.8) is 0 Å². The SMILES string of the molecule is [2H]C([2H])([2H])C(=O)N[C@H]1CCc2cc(OC)c(OC)c(OC)c2-c2ccc(O)c(=O)cc21. The second kappa shape index (κ2) is 7.80. The summed E-state index contributed by atoms with van der Waals surface area (Å²) in [6.45, 7) is -2.84. The third kappa shape index (κ3) is 3.35. The summed E-state index contributed by atoms with van der Waals surface area (Å²) in [5.74, 6) is -0.455. The Hall–Kier alpha value is -3.22. The van der Waals surface area contributed by atoms with Gasteiger partial charge < -0.3 is 24.6 Å².